The molecule has 4 nitrogen and oxygen atoms in total. The van der Waals surface area contributed by atoms with Crippen molar-refractivity contribution < 1.29 is 4.79 Å². The molecule has 3 heterocycles. The summed E-state index contributed by atoms with van der Waals surface area (Å²) in [6, 6.07) is 22.5. The van der Waals surface area contributed by atoms with Gasteiger partial charge in [-0.3, -0.25) is 4.79 Å². The van der Waals surface area contributed by atoms with E-state index in [9.17, 15) is 4.79 Å². The van der Waals surface area contributed by atoms with Crippen LogP contribution < -0.4 is 4.90 Å². The Bertz CT molecular complexity index is 1400. The van der Waals surface area contributed by atoms with Gasteiger partial charge in [0.2, 0.25) is 5.91 Å². The zero-order valence-electron chi connectivity index (χ0n) is 16.9. The van der Waals surface area contributed by atoms with E-state index in [1.807, 2.05) is 60.6 Å². The van der Waals surface area contributed by atoms with Gasteiger partial charge in [0.1, 0.15) is 5.41 Å². The van der Waals surface area contributed by atoms with Crippen molar-refractivity contribution >= 4 is 49.3 Å². The van der Waals surface area contributed by atoms with Crippen LogP contribution in [-0.4, -0.2) is 22.4 Å². The lowest BCUT2D eigenvalue weighted by Crippen LogP contribution is -2.42. The molecule has 5 aromatic rings. The van der Waals surface area contributed by atoms with Gasteiger partial charge in [-0.05, 0) is 37.3 Å². The number of carbonyl (C=O) groups excluding carboxylic acids is 1. The zero-order valence-corrected chi connectivity index (χ0v) is 18.5. The van der Waals surface area contributed by atoms with E-state index in [1.165, 1.54) is 0 Å². The van der Waals surface area contributed by atoms with Gasteiger partial charge in [-0.1, -0.05) is 52.3 Å². The Kier molecular flexibility index (Phi) is 3.93. The van der Waals surface area contributed by atoms with E-state index in [-0.39, 0.29) is 5.91 Å². The van der Waals surface area contributed by atoms with Gasteiger partial charge < -0.3 is 14.9 Å². The van der Waals surface area contributed by atoms with Crippen LogP contribution in [0.25, 0.3) is 21.8 Å². The highest BCUT2D eigenvalue weighted by Crippen LogP contribution is 2.54. The van der Waals surface area contributed by atoms with Crippen LogP contribution in [0.15, 0.2) is 83.6 Å². The molecule has 0 bridgehead atoms. The van der Waals surface area contributed by atoms with Crippen LogP contribution >= 0.6 is 15.9 Å². The number of anilines is 1. The fourth-order valence-corrected chi connectivity index (χ4v) is 5.58. The summed E-state index contributed by atoms with van der Waals surface area (Å²) in [5.74, 6) is 0.0811. The lowest BCUT2D eigenvalue weighted by molar-refractivity contribution is -0.120. The molecule has 1 amide bonds. The lowest BCUT2D eigenvalue weighted by atomic mass is 9.70. The molecule has 0 aliphatic carbocycles. The summed E-state index contributed by atoms with van der Waals surface area (Å²) >= 11 is 3.66. The van der Waals surface area contributed by atoms with Crippen LogP contribution in [-0.2, 0) is 10.2 Å². The number of likely N-dealkylation sites (N-methyl/N-ethyl adjacent to an activating group) is 1. The molecule has 0 fully saturated rings. The zero-order chi connectivity index (χ0) is 21.2. The topological polar surface area (TPSA) is 51.9 Å². The molecule has 0 radical (unpaired) electrons. The van der Waals surface area contributed by atoms with Crippen molar-refractivity contribution in [3.63, 3.8) is 0 Å². The minimum atomic E-state index is -0.950. The largest absolute Gasteiger partial charge is 0.361 e. The smallest absolute Gasteiger partial charge is 0.246 e. The quantitative estimate of drug-likeness (QED) is 0.328. The third-order valence-corrected chi connectivity index (χ3v) is 7.02. The molecular formula is C26H20BrN3O. The molecule has 0 atom stereocenters. The number of fused-ring (bicyclic) bond motifs is 3. The van der Waals surface area contributed by atoms with Gasteiger partial charge in [0.15, 0.2) is 0 Å². The Balaban J connectivity index is 1.82. The molecule has 0 saturated heterocycles. The fourth-order valence-electron chi connectivity index (χ4n) is 5.21. The van der Waals surface area contributed by atoms with Gasteiger partial charge in [0.25, 0.3) is 0 Å². The van der Waals surface area contributed by atoms with Gasteiger partial charge in [0, 0.05) is 67.6 Å². The maximum atomic E-state index is 14.4. The average molecular weight is 470 g/mol. The summed E-state index contributed by atoms with van der Waals surface area (Å²) < 4.78 is 0.959. The number of amides is 1. The number of carbonyl (C=O) groups is 1. The van der Waals surface area contributed by atoms with Crippen molar-refractivity contribution in [3.05, 3.63) is 100 Å². The number of halogens is 1. The number of benzene rings is 3. The Morgan fingerprint density at radius 2 is 1.42 bits per heavy atom. The molecular weight excluding hydrogens is 450 g/mol. The molecule has 31 heavy (non-hydrogen) atoms. The van der Waals surface area contributed by atoms with Crippen LogP contribution in [0.1, 0.15) is 23.6 Å². The first-order valence-electron chi connectivity index (χ1n) is 10.4. The van der Waals surface area contributed by atoms with Crippen molar-refractivity contribution in [3.8, 4) is 0 Å². The maximum Gasteiger partial charge on any atom is 0.246 e. The van der Waals surface area contributed by atoms with Crippen molar-refractivity contribution in [1.82, 2.24) is 9.97 Å². The minimum absolute atomic E-state index is 0.0811. The van der Waals surface area contributed by atoms with E-state index in [0.717, 1.165) is 48.7 Å². The fraction of sp³-hybridized carbons (Fsp3) is 0.115. The van der Waals surface area contributed by atoms with E-state index in [0.29, 0.717) is 6.54 Å². The molecule has 1 aliphatic rings. The van der Waals surface area contributed by atoms with Crippen LogP contribution in [0.5, 0.6) is 0 Å². The second kappa shape index (κ2) is 6.59. The van der Waals surface area contributed by atoms with Crippen LogP contribution in [0, 0.1) is 0 Å². The van der Waals surface area contributed by atoms with Gasteiger partial charge in [-0.25, -0.2) is 0 Å². The third-order valence-electron chi connectivity index (χ3n) is 6.52. The summed E-state index contributed by atoms with van der Waals surface area (Å²) in [6.45, 7) is 2.64. The normalized spacial score (nSPS) is 15.2. The minimum Gasteiger partial charge on any atom is -0.361 e. The number of H-pyrrole nitrogens is 2. The number of aromatic nitrogens is 2. The van der Waals surface area contributed by atoms with E-state index >= 15 is 0 Å². The standard InChI is InChI=1S/C26H20BrN3O/c1-2-30-24-12-11-16(27)13-19(24)26(25(30)31,20-14-28-22-9-5-3-7-17(20)22)21-15-29-23-10-6-4-8-18(21)23/h3-15,28-29H,2H2,1H3. The summed E-state index contributed by atoms with van der Waals surface area (Å²) in [4.78, 5) is 23.1. The van der Waals surface area contributed by atoms with E-state index in [2.05, 4.69) is 56.2 Å². The Hall–Kier alpha value is -3.31. The highest BCUT2D eigenvalue weighted by atomic mass is 79.9. The van der Waals surface area contributed by atoms with Crippen molar-refractivity contribution in [2.24, 2.45) is 0 Å². The Morgan fingerprint density at radius 1 is 0.839 bits per heavy atom. The van der Waals surface area contributed by atoms with Crippen molar-refractivity contribution in [2.75, 3.05) is 11.4 Å². The number of aromatic amines is 2. The van der Waals surface area contributed by atoms with Crippen LogP contribution in [0.3, 0.4) is 0 Å². The molecule has 1 aliphatic heterocycles. The van der Waals surface area contributed by atoms with Crippen LogP contribution in [0.4, 0.5) is 5.69 Å². The number of rotatable bonds is 3. The molecule has 152 valence electrons. The second-order valence-electron chi connectivity index (χ2n) is 7.96. The highest BCUT2D eigenvalue weighted by Gasteiger charge is 2.55. The first-order chi connectivity index (χ1) is 15.2. The molecule has 2 aromatic heterocycles. The predicted octanol–water partition coefficient (Wildman–Crippen LogP) is 6.11. The van der Waals surface area contributed by atoms with Gasteiger partial charge in [0.05, 0.1) is 0 Å². The summed E-state index contributed by atoms with van der Waals surface area (Å²) in [6.07, 6.45) is 4.02. The number of hydrogen-bond donors (Lipinski definition) is 2. The van der Waals surface area contributed by atoms with E-state index < -0.39 is 5.41 Å². The number of hydrogen-bond acceptors (Lipinski definition) is 1. The Morgan fingerprint density at radius 3 is 2.00 bits per heavy atom. The number of nitrogens with zero attached hydrogens (tertiary/aromatic N) is 1. The SMILES string of the molecule is CCN1C(=O)C(c2c[nH]c3ccccc23)(c2c[nH]c3ccccc23)c2cc(Br)ccc21. The first-order valence-corrected chi connectivity index (χ1v) is 11.2. The van der Waals surface area contributed by atoms with E-state index in [1.54, 1.807) is 0 Å². The third kappa shape index (κ3) is 2.32. The summed E-state index contributed by atoms with van der Waals surface area (Å²) in [5.41, 5.74) is 5.02. The molecule has 0 spiro atoms. The van der Waals surface area contributed by atoms with Crippen molar-refractivity contribution in [1.29, 1.82) is 0 Å². The summed E-state index contributed by atoms with van der Waals surface area (Å²) in [7, 11) is 0. The average Bonchev–Trinajstić information content (AvgIpc) is 3.47. The second-order valence-corrected chi connectivity index (χ2v) is 8.87. The number of nitrogens with one attached hydrogen (secondary N) is 2. The predicted molar refractivity (Wildman–Crippen MR) is 129 cm³/mol. The molecule has 5 heteroatoms. The first kappa shape index (κ1) is 18.5. The lowest BCUT2D eigenvalue weighted by Gasteiger charge is -2.29. The molecule has 0 unspecified atom stereocenters. The molecule has 0 saturated carbocycles. The van der Waals surface area contributed by atoms with Gasteiger partial charge >= 0.3 is 0 Å². The molecule has 3 aromatic carbocycles. The summed E-state index contributed by atoms with van der Waals surface area (Å²) in [5, 5.41) is 2.12. The maximum absolute atomic E-state index is 14.4. The molecule has 6 rings (SSSR count). The van der Waals surface area contributed by atoms with Crippen LogP contribution in [0.2, 0.25) is 0 Å². The monoisotopic (exact) mass is 469 g/mol. The van der Waals surface area contributed by atoms with Gasteiger partial charge in [-0.15, -0.1) is 0 Å². The highest BCUT2D eigenvalue weighted by molar-refractivity contribution is 9.10. The number of para-hydroxylation sites is 2. The Labute approximate surface area is 188 Å². The molecule has 2 N–H and O–H groups in total. The van der Waals surface area contributed by atoms with E-state index in [4.69, 9.17) is 0 Å². The van der Waals surface area contributed by atoms with Gasteiger partial charge in [-0.2, -0.15) is 0 Å². The van der Waals surface area contributed by atoms with Crippen molar-refractivity contribution in [2.45, 2.75) is 12.3 Å².